The fraction of sp³-hybridized carbons (Fsp3) is 0.100. The van der Waals surface area contributed by atoms with Crippen LogP contribution in [0, 0.1) is 0 Å². The van der Waals surface area contributed by atoms with Crippen molar-refractivity contribution in [2.75, 3.05) is 14.7 Å². The molecular weight excluding hydrogens is 779 g/mol. The molecule has 0 saturated carbocycles. The second kappa shape index (κ2) is 17.5. The SMILES string of the molecule is C1=CCC(N(c2ccccc2)c2cc(-c3ccc(N(c4ccc5c6c(oc5c4)C(c4ccccc4)=CCC6)C4C=CC=CC4)cc3)cc(N(c3ccccc3)c3ccccc3)c2)C=C1. The normalized spacial score (nSPS) is 16.3. The molecule has 2 unspecified atom stereocenters. The molecule has 7 aromatic carbocycles. The lowest BCUT2D eigenvalue weighted by atomic mass is 9.91. The molecule has 8 aromatic rings. The number of para-hydroxylation sites is 3. The van der Waals surface area contributed by atoms with Crippen LogP contribution in [0.1, 0.15) is 36.1 Å². The summed E-state index contributed by atoms with van der Waals surface area (Å²) >= 11 is 0. The molecule has 0 spiro atoms. The lowest BCUT2D eigenvalue weighted by molar-refractivity contribution is 0.591. The number of fused-ring (bicyclic) bond motifs is 3. The quantitative estimate of drug-likeness (QED) is 0.130. The van der Waals surface area contributed by atoms with E-state index in [1.165, 1.54) is 22.1 Å². The van der Waals surface area contributed by atoms with Crippen molar-refractivity contribution >= 4 is 56.4 Å². The van der Waals surface area contributed by atoms with E-state index in [-0.39, 0.29) is 12.1 Å². The topological polar surface area (TPSA) is 22.9 Å². The highest BCUT2D eigenvalue weighted by Crippen LogP contribution is 2.44. The summed E-state index contributed by atoms with van der Waals surface area (Å²) in [4.78, 5) is 7.32. The largest absolute Gasteiger partial charge is 0.456 e. The highest BCUT2D eigenvalue weighted by atomic mass is 16.3. The van der Waals surface area contributed by atoms with Crippen LogP contribution in [0.15, 0.2) is 241 Å². The van der Waals surface area contributed by atoms with Gasteiger partial charge in [-0.2, -0.15) is 0 Å². The minimum atomic E-state index is 0.148. The molecule has 2 atom stereocenters. The number of nitrogens with zero attached hydrogens (tertiary/aromatic N) is 3. The fourth-order valence-electron chi connectivity index (χ4n) is 9.69. The molecule has 4 nitrogen and oxygen atoms in total. The van der Waals surface area contributed by atoms with Crippen molar-refractivity contribution in [1.29, 1.82) is 0 Å². The predicted molar refractivity (Wildman–Crippen MR) is 269 cm³/mol. The smallest absolute Gasteiger partial charge is 0.138 e. The molecule has 0 fully saturated rings. The van der Waals surface area contributed by atoms with Crippen molar-refractivity contribution < 1.29 is 4.42 Å². The van der Waals surface area contributed by atoms with Gasteiger partial charge in [0.15, 0.2) is 0 Å². The number of hydrogen-bond donors (Lipinski definition) is 0. The van der Waals surface area contributed by atoms with Crippen LogP contribution < -0.4 is 14.7 Å². The van der Waals surface area contributed by atoms with Crippen molar-refractivity contribution in [3.8, 4) is 11.1 Å². The van der Waals surface area contributed by atoms with Gasteiger partial charge in [-0.3, -0.25) is 0 Å². The Morgan fingerprint density at radius 2 is 0.969 bits per heavy atom. The Morgan fingerprint density at radius 3 is 1.58 bits per heavy atom. The van der Waals surface area contributed by atoms with Crippen molar-refractivity contribution in [2.24, 2.45) is 0 Å². The van der Waals surface area contributed by atoms with Gasteiger partial charge in [0.25, 0.3) is 0 Å². The third-order valence-electron chi connectivity index (χ3n) is 12.7. The Kier molecular flexibility index (Phi) is 10.7. The third-order valence-corrected chi connectivity index (χ3v) is 12.7. The van der Waals surface area contributed by atoms with Gasteiger partial charge in [0, 0.05) is 62.4 Å². The van der Waals surface area contributed by atoms with E-state index in [4.69, 9.17) is 4.42 Å². The number of hydrogen-bond acceptors (Lipinski definition) is 4. The molecule has 11 rings (SSSR count). The van der Waals surface area contributed by atoms with Gasteiger partial charge in [-0.15, -0.1) is 0 Å². The van der Waals surface area contributed by atoms with Gasteiger partial charge in [0.1, 0.15) is 11.3 Å². The van der Waals surface area contributed by atoms with Gasteiger partial charge in [-0.05, 0) is 121 Å². The van der Waals surface area contributed by atoms with Gasteiger partial charge in [0.05, 0.1) is 12.1 Å². The Labute approximate surface area is 376 Å². The second-order valence-electron chi connectivity index (χ2n) is 16.7. The van der Waals surface area contributed by atoms with E-state index in [1.54, 1.807) is 0 Å². The molecule has 0 saturated heterocycles. The number of rotatable bonds is 11. The summed E-state index contributed by atoms with van der Waals surface area (Å²) in [7, 11) is 0. The van der Waals surface area contributed by atoms with Gasteiger partial charge in [-0.25, -0.2) is 0 Å². The molecule has 4 heteroatoms. The molecule has 64 heavy (non-hydrogen) atoms. The van der Waals surface area contributed by atoms with Crippen molar-refractivity contribution in [2.45, 2.75) is 37.8 Å². The average molecular weight is 828 g/mol. The van der Waals surface area contributed by atoms with E-state index in [9.17, 15) is 0 Å². The van der Waals surface area contributed by atoms with E-state index in [0.29, 0.717) is 0 Å². The maximum absolute atomic E-state index is 6.81. The highest BCUT2D eigenvalue weighted by Gasteiger charge is 2.26. The molecule has 0 bridgehead atoms. The molecule has 3 aliphatic rings. The van der Waals surface area contributed by atoms with Gasteiger partial charge < -0.3 is 19.1 Å². The maximum Gasteiger partial charge on any atom is 0.138 e. The molecule has 1 aromatic heterocycles. The molecular formula is C60H49N3O. The summed E-state index contributed by atoms with van der Waals surface area (Å²) in [6, 6.07) is 66.2. The van der Waals surface area contributed by atoms with E-state index >= 15 is 0 Å². The van der Waals surface area contributed by atoms with Crippen molar-refractivity contribution in [1.82, 2.24) is 0 Å². The first-order valence-electron chi connectivity index (χ1n) is 22.5. The van der Waals surface area contributed by atoms with Crippen LogP contribution in [0.3, 0.4) is 0 Å². The third kappa shape index (κ3) is 7.69. The molecule has 0 radical (unpaired) electrons. The standard InChI is InChI=1S/C60H49N3O/c1-7-20-45(21-8-1)56-32-19-33-58-57-39-38-53(43-59(57)64-60(56)58)61(47-22-9-2-10-23-47)52-36-34-44(35-37-52)46-40-54(62(48-24-11-3-12-25-48)49-26-13-4-14-27-49)42-55(41-46)63(50-28-15-5-16-29-50)51-30-17-6-18-31-51/h1-18,20-22,24-30,32,34-43,47,51H,19,23,31,33H2. The lowest BCUT2D eigenvalue weighted by Crippen LogP contribution is -2.30. The molecule has 0 N–H and O–H groups in total. The first-order valence-corrected chi connectivity index (χ1v) is 22.5. The van der Waals surface area contributed by atoms with Crippen LogP contribution in [-0.4, -0.2) is 12.1 Å². The Hall–Kier alpha value is -7.82. The van der Waals surface area contributed by atoms with Crippen LogP contribution in [0.25, 0.3) is 27.7 Å². The Morgan fingerprint density at radius 1 is 0.422 bits per heavy atom. The van der Waals surface area contributed by atoms with Crippen molar-refractivity contribution in [3.63, 3.8) is 0 Å². The zero-order chi connectivity index (χ0) is 42.7. The summed E-state index contributed by atoms with van der Waals surface area (Å²) in [5, 5.41) is 1.20. The maximum atomic E-state index is 6.81. The number of benzene rings is 7. The van der Waals surface area contributed by atoms with Crippen LogP contribution >= 0.6 is 0 Å². The molecule has 3 aliphatic carbocycles. The second-order valence-corrected chi connectivity index (χ2v) is 16.7. The minimum absolute atomic E-state index is 0.148. The van der Waals surface area contributed by atoms with Crippen LogP contribution in [-0.2, 0) is 6.42 Å². The predicted octanol–water partition coefficient (Wildman–Crippen LogP) is 16.0. The number of anilines is 7. The molecule has 0 aliphatic heterocycles. The monoisotopic (exact) mass is 827 g/mol. The van der Waals surface area contributed by atoms with E-state index in [2.05, 4.69) is 251 Å². The summed E-state index contributed by atoms with van der Waals surface area (Å²) in [6.45, 7) is 0. The molecule has 1 heterocycles. The van der Waals surface area contributed by atoms with E-state index < -0.39 is 0 Å². The summed E-state index contributed by atoms with van der Waals surface area (Å²) in [6.07, 6.45) is 23.9. The highest BCUT2D eigenvalue weighted by molar-refractivity contribution is 5.93. The first kappa shape index (κ1) is 39.1. The Bertz CT molecular complexity index is 3010. The van der Waals surface area contributed by atoms with Gasteiger partial charge >= 0.3 is 0 Å². The van der Waals surface area contributed by atoms with Crippen LogP contribution in [0.5, 0.6) is 0 Å². The van der Waals surface area contributed by atoms with E-state index in [1.807, 2.05) is 0 Å². The van der Waals surface area contributed by atoms with Crippen molar-refractivity contribution in [3.05, 3.63) is 254 Å². The fourth-order valence-corrected chi connectivity index (χ4v) is 9.69. The number of allylic oxidation sites excluding steroid dienone is 5. The van der Waals surface area contributed by atoms with E-state index in [0.717, 1.165) is 88.0 Å². The zero-order valence-corrected chi connectivity index (χ0v) is 35.7. The summed E-state index contributed by atoms with van der Waals surface area (Å²) in [5.74, 6) is 1.00. The average Bonchev–Trinajstić information content (AvgIpc) is 3.75. The minimum Gasteiger partial charge on any atom is -0.456 e. The first-order chi connectivity index (χ1) is 31.7. The van der Waals surface area contributed by atoms with Crippen LogP contribution in [0.4, 0.5) is 39.8 Å². The number of furan rings is 1. The van der Waals surface area contributed by atoms with Gasteiger partial charge in [0.2, 0.25) is 0 Å². The zero-order valence-electron chi connectivity index (χ0n) is 35.7. The molecule has 310 valence electrons. The molecule has 0 amide bonds. The van der Waals surface area contributed by atoms with Gasteiger partial charge in [-0.1, -0.05) is 152 Å². The van der Waals surface area contributed by atoms with Crippen LogP contribution in [0.2, 0.25) is 0 Å². The Balaban J connectivity index is 1.02. The number of aryl methyl sites for hydroxylation is 1. The lowest BCUT2D eigenvalue weighted by Gasteiger charge is -2.34. The summed E-state index contributed by atoms with van der Waals surface area (Å²) in [5.41, 5.74) is 14.7. The summed E-state index contributed by atoms with van der Waals surface area (Å²) < 4.78 is 6.81.